The number of hydrogen-bond donors (Lipinski definition) is 2. The van der Waals surface area contributed by atoms with Gasteiger partial charge in [-0.3, -0.25) is 4.79 Å². The smallest absolute Gasteiger partial charge is 0.230 e. The van der Waals surface area contributed by atoms with Gasteiger partial charge >= 0.3 is 0 Å². The third kappa shape index (κ3) is 4.33. The van der Waals surface area contributed by atoms with Gasteiger partial charge in [-0.05, 0) is 24.3 Å². The van der Waals surface area contributed by atoms with Gasteiger partial charge in [0.25, 0.3) is 0 Å². The molecule has 1 amide bonds. The van der Waals surface area contributed by atoms with E-state index in [1.807, 2.05) is 24.3 Å². The Bertz CT molecular complexity index is 511. The highest BCUT2D eigenvalue weighted by molar-refractivity contribution is 8.00. The fourth-order valence-corrected chi connectivity index (χ4v) is 2.18. The summed E-state index contributed by atoms with van der Waals surface area (Å²) in [6.07, 6.45) is 3.39. The van der Waals surface area contributed by atoms with Crippen LogP contribution in [0.25, 0.3) is 0 Å². The van der Waals surface area contributed by atoms with Gasteiger partial charge in [0.15, 0.2) is 0 Å². The van der Waals surface area contributed by atoms with Gasteiger partial charge in [0, 0.05) is 17.3 Å². The molecule has 19 heavy (non-hydrogen) atoms. The molecule has 100 valence electrons. The Morgan fingerprint density at radius 3 is 2.84 bits per heavy atom. The summed E-state index contributed by atoms with van der Waals surface area (Å²) in [5.74, 6) is 1.93. The Morgan fingerprint density at radius 1 is 1.42 bits per heavy atom. The van der Waals surface area contributed by atoms with Crippen molar-refractivity contribution in [2.24, 2.45) is 0 Å². The van der Waals surface area contributed by atoms with E-state index in [0.717, 1.165) is 16.5 Å². The summed E-state index contributed by atoms with van der Waals surface area (Å²) < 4.78 is 5.08. The molecule has 0 aliphatic carbocycles. The normalized spacial score (nSPS) is 10.2. The first-order valence-corrected chi connectivity index (χ1v) is 6.78. The summed E-state index contributed by atoms with van der Waals surface area (Å²) in [6.45, 7) is 0.426. The quantitative estimate of drug-likeness (QED) is 0.790. The highest BCUT2D eigenvalue weighted by Gasteiger charge is 2.04. The van der Waals surface area contributed by atoms with Gasteiger partial charge in [-0.2, -0.15) is 0 Å². The zero-order valence-corrected chi connectivity index (χ0v) is 11.4. The molecule has 0 saturated heterocycles. The van der Waals surface area contributed by atoms with E-state index < -0.39 is 0 Å². The van der Waals surface area contributed by atoms with Gasteiger partial charge in [-0.15, -0.1) is 11.8 Å². The van der Waals surface area contributed by atoms with Crippen molar-refractivity contribution in [2.75, 3.05) is 12.9 Å². The van der Waals surface area contributed by atoms with E-state index in [0.29, 0.717) is 12.3 Å². The van der Waals surface area contributed by atoms with E-state index >= 15 is 0 Å². The number of aromatic nitrogens is 2. The SMILES string of the molecule is COc1ccc(SCC(=O)NCc2ncc[nH]2)cc1. The molecule has 0 aliphatic rings. The molecule has 0 atom stereocenters. The van der Waals surface area contributed by atoms with Crippen molar-refractivity contribution < 1.29 is 9.53 Å². The lowest BCUT2D eigenvalue weighted by molar-refractivity contribution is -0.118. The standard InChI is InChI=1S/C13H15N3O2S/c1-18-10-2-4-11(5-3-10)19-9-13(17)16-8-12-14-6-7-15-12/h2-7H,8-9H2,1H3,(H,14,15)(H,16,17). The number of carbonyl (C=O) groups is 1. The van der Waals surface area contributed by atoms with Crippen LogP contribution < -0.4 is 10.1 Å². The minimum Gasteiger partial charge on any atom is -0.497 e. The van der Waals surface area contributed by atoms with Crippen LogP contribution in [0.1, 0.15) is 5.82 Å². The molecule has 0 bridgehead atoms. The number of methoxy groups -OCH3 is 1. The molecule has 6 heteroatoms. The van der Waals surface area contributed by atoms with Crippen LogP contribution in [0.5, 0.6) is 5.75 Å². The Morgan fingerprint density at radius 2 is 2.21 bits per heavy atom. The van der Waals surface area contributed by atoms with E-state index in [2.05, 4.69) is 15.3 Å². The molecule has 0 fully saturated rings. The van der Waals surface area contributed by atoms with Gasteiger partial charge < -0.3 is 15.0 Å². The molecule has 0 radical (unpaired) electrons. The summed E-state index contributed by atoms with van der Waals surface area (Å²) in [4.78, 5) is 19.6. The van der Waals surface area contributed by atoms with Crippen molar-refractivity contribution in [2.45, 2.75) is 11.4 Å². The third-order valence-electron chi connectivity index (χ3n) is 2.44. The predicted molar refractivity (Wildman–Crippen MR) is 74.2 cm³/mol. The summed E-state index contributed by atoms with van der Waals surface area (Å²) in [5.41, 5.74) is 0. The fraction of sp³-hybridized carbons (Fsp3) is 0.231. The van der Waals surface area contributed by atoms with Crippen molar-refractivity contribution in [3.05, 3.63) is 42.5 Å². The second kappa shape index (κ2) is 6.84. The number of rotatable bonds is 6. The van der Waals surface area contributed by atoms with Crippen molar-refractivity contribution in [3.63, 3.8) is 0 Å². The number of aromatic amines is 1. The van der Waals surface area contributed by atoms with Crippen LogP contribution in [0, 0.1) is 0 Å². The van der Waals surface area contributed by atoms with Crippen molar-refractivity contribution in [1.82, 2.24) is 15.3 Å². The second-order valence-corrected chi connectivity index (χ2v) is 4.83. The minimum atomic E-state index is -0.0165. The highest BCUT2D eigenvalue weighted by Crippen LogP contribution is 2.20. The lowest BCUT2D eigenvalue weighted by Crippen LogP contribution is -2.25. The number of H-pyrrole nitrogens is 1. The van der Waals surface area contributed by atoms with E-state index in [-0.39, 0.29) is 5.91 Å². The second-order valence-electron chi connectivity index (χ2n) is 3.78. The average Bonchev–Trinajstić information content (AvgIpc) is 2.96. The first-order valence-electron chi connectivity index (χ1n) is 5.80. The first-order chi connectivity index (χ1) is 9.28. The topological polar surface area (TPSA) is 67.0 Å². The summed E-state index contributed by atoms with van der Waals surface area (Å²) >= 11 is 1.49. The minimum absolute atomic E-state index is 0.0165. The van der Waals surface area contributed by atoms with Gasteiger partial charge in [0.1, 0.15) is 11.6 Å². The lowest BCUT2D eigenvalue weighted by atomic mass is 10.3. The molecular weight excluding hydrogens is 262 g/mol. The van der Waals surface area contributed by atoms with Gasteiger partial charge in [-0.1, -0.05) is 0 Å². The Hall–Kier alpha value is -1.95. The van der Waals surface area contributed by atoms with Crippen LogP contribution in [0.2, 0.25) is 0 Å². The summed E-state index contributed by atoms with van der Waals surface area (Å²) in [6, 6.07) is 7.62. The Labute approximate surface area is 115 Å². The van der Waals surface area contributed by atoms with E-state index in [4.69, 9.17) is 4.74 Å². The number of imidazole rings is 1. The molecule has 2 rings (SSSR count). The predicted octanol–water partition coefficient (Wildman–Crippen LogP) is 1.83. The molecule has 0 unspecified atom stereocenters. The number of thioether (sulfide) groups is 1. The Kier molecular flexibility index (Phi) is 4.85. The monoisotopic (exact) mass is 277 g/mol. The summed E-state index contributed by atoms with van der Waals surface area (Å²) in [5, 5.41) is 2.80. The van der Waals surface area contributed by atoms with Crippen molar-refractivity contribution >= 4 is 17.7 Å². The number of amides is 1. The van der Waals surface area contributed by atoms with Crippen LogP contribution in [-0.2, 0) is 11.3 Å². The fourth-order valence-electron chi connectivity index (χ4n) is 1.45. The number of hydrogen-bond acceptors (Lipinski definition) is 4. The molecule has 1 aromatic heterocycles. The number of nitrogens with zero attached hydrogens (tertiary/aromatic N) is 1. The van der Waals surface area contributed by atoms with Gasteiger partial charge in [0.05, 0.1) is 19.4 Å². The van der Waals surface area contributed by atoms with Crippen LogP contribution in [0.15, 0.2) is 41.6 Å². The molecule has 0 saturated carbocycles. The lowest BCUT2D eigenvalue weighted by Gasteiger charge is -2.04. The molecular formula is C13H15N3O2S. The number of carbonyl (C=O) groups excluding carboxylic acids is 1. The largest absolute Gasteiger partial charge is 0.497 e. The maximum absolute atomic E-state index is 11.6. The molecule has 2 N–H and O–H groups in total. The molecule has 1 heterocycles. The van der Waals surface area contributed by atoms with E-state index in [9.17, 15) is 4.79 Å². The Balaban J connectivity index is 1.73. The van der Waals surface area contributed by atoms with E-state index in [1.165, 1.54) is 11.8 Å². The molecule has 1 aromatic carbocycles. The van der Waals surface area contributed by atoms with Crippen LogP contribution >= 0.6 is 11.8 Å². The molecule has 0 aliphatic heterocycles. The summed E-state index contributed by atoms with van der Waals surface area (Å²) in [7, 11) is 1.63. The van der Waals surface area contributed by atoms with Gasteiger partial charge in [-0.25, -0.2) is 4.98 Å². The van der Waals surface area contributed by atoms with Crippen LogP contribution in [0.3, 0.4) is 0 Å². The molecule has 5 nitrogen and oxygen atoms in total. The zero-order valence-electron chi connectivity index (χ0n) is 10.6. The highest BCUT2D eigenvalue weighted by atomic mass is 32.2. The van der Waals surface area contributed by atoms with Gasteiger partial charge in [0.2, 0.25) is 5.91 Å². The zero-order chi connectivity index (χ0) is 13.5. The number of ether oxygens (including phenoxy) is 1. The average molecular weight is 277 g/mol. The van der Waals surface area contributed by atoms with Crippen molar-refractivity contribution in [1.29, 1.82) is 0 Å². The maximum Gasteiger partial charge on any atom is 0.230 e. The van der Waals surface area contributed by atoms with Crippen LogP contribution in [0.4, 0.5) is 0 Å². The molecule has 0 spiro atoms. The third-order valence-corrected chi connectivity index (χ3v) is 3.45. The van der Waals surface area contributed by atoms with Crippen molar-refractivity contribution in [3.8, 4) is 5.75 Å². The first kappa shape index (κ1) is 13.5. The van der Waals surface area contributed by atoms with E-state index in [1.54, 1.807) is 19.5 Å². The molecule has 2 aromatic rings. The van der Waals surface area contributed by atoms with Crippen LogP contribution in [-0.4, -0.2) is 28.7 Å². The number of benzene rings is 1. The maximum atomic E-state index is 11.6. The number of nitrogens with one attached hydrogen (secondary N) is 2.